The fraction of sp³-hybridized carbons (Fsp3) is 0.312. The lowest BCUT2D eigenvalue weighted by Gasteiger charge is -2.24. The first-order valence-corrected chi connectivity index (χ1v) is 13.8. The number of fused-ring (bicyclic) bond motifs is 1. The molecule has 1 aliphatic rings. The van der Waals surface area contributed by atoms with Crippen LogP contribution in [0.4, 0.5) is 13.2 Å². The smallest absolute Gasteiger partial charge is 0.487 e. The van der Waals surface area contributed by atoms with E-state index < -0.39 is 18.2 Å². The van der Waals surface area contributed by atoms with E-state index in [1.54, 1.807) is 6.07 Å². The molecule has 5 rings (SSSR count). The Bertz CT molecular complexity index is 1530. The molecule has 1 aromatic heterocycles. The van der Waals surface area contributed by atoms with Gasteiger partial charge in [-0.05, 0) is 48.1 Å². The molecule has 0 bridgehead atoms. The number of aliphatic hydroxyl groups is 1. The van der Waals surface area contributed by atoms with Gasteiger partial charge in [-0.2, -0.15) is 13.2 Å². The molecule has 11 heteroatoms. The summed E-state index contributed by atoms with van der Waals surface area (Å²) in [5.74, 6) is -2.17. The SMILES string of the molecule is O=C(O)C(F)(F)F.O=c1ccc2c([C@@H](O)CNC3CCCC3OCc3ccccc3)ccc(OCc3ccccc3)c2[nH]1. The van der Waals surface area contributed by atoms with Crippen molar-refractivity contribution in [1.82, 2.24) is 10.3 Å². The summed E-state index contributed by atoms with van der Waals surface area (Å²) in [6.45, 7) is 1.38. The van der Waals surface area contributed by atoms with Gasteiger partial charge in [0.15, 0.2) is 0 Å². The van der Waals surface area contributed by atoms with Crippen LogP contribution in [0, 0.1) is 0 Å². The molecule has 2 unspecified atom stereocenters. The minimum absolute atomic E-state index is 0.124. The summed E-state index contributed by atoms with van der Waals surface area (Å²) in [6.07, 6.45) is -2.56. The van der Waals surface area contributed by atoms with Gasteiger partial charge in [-0.3, -0.25) is 4.79 Å². The predicted octanol–water partition coefficient (Wildman–Crippen LogP) is 5.50. The molecule has 1 fully saturated rings. The third kappa shape index (κ3) is 9.15. The highest BCUT2D eigenvalue weighted by atomic mass is 19.4. The molecule has 3 aromatic carbocycles. The number of hydrogen-bond donors (Lipinski definition) is 4. The van der Waals surface area contributed by atoms with Crippen molar-refractivity contribution in [3.8, 4) is 5.75 Å². The number of H-pyrrole nitrogens is 1. The van der Waals surface area contributed by atoms with E-state index in [1.807, 2.05) is 60.7 Å². The minimum Gasteiger partial charge on any atom is -0.487 e. The van der Waals surface area contributed by atoms with Gasteiger partial charge in [-0.15, -0.1) is 0 Å². The van der Waals surface area contributed by atoms with E-state index >= 15 is 0 Å². The van der Waals surface area contributed by atoms with Crippen molar-refractivity contribution in [2.24, 2.45) is 0 Å². The van der Waals surface area contributed by atoms with E-state index in [4.69, 9.17) is 19.4 Å². The van der Waals surface area contributed by atoms with Gasteiger partial charge in [0.2, 0.25) is 5.56 Å². The highest BCUT2D eigenvalue weighted by molar-refractivity contribution is 5.87. The van der Waals surface area contributed by atoms with Crippen LogP contribution >= 0.6 is 0 Å². The lowest BCUT2D eigenvalue weighted by Crippen LogP contribution is -2.39. The Kier molecular flexibility index (Phi) is 10.9. The lowest BCUT2D eigenvalue weighted by molar-refractivity contribution is -0.192. The van der Waals surface area contributed by atoms with Gasteiger partial charge in [-0.1, -0.05) is 66.7 Å². The summed E-state index contributed by atoms with van der Waals surface area (Å²) in [4.78, 5) is 23.9. The highest BCUT2D eigenvalue weighted by Gasteiger charge is 2.38. The Morgan fingerprint density at radius 2 is 1.56 bits per heavy atom. The Labute approximate surface area is 246 Å². The molecule has 0 amide bonds. The summed E-state index contributed by atoms with van der Waals surface area (Å²) in [6, 6.07) is 27.2. The van der Waals surface area contributed by atoms with Crippen molar-refractivity contribution in [2.75, 3.05) is 6.54 Å². The number of carboxylic acids is 1. The van der Waals surface area contributed by atoms with Gasteiger partial charge in [0.25, 0.3) is 0 Å². The number of rotatable bonds is 10. The van der Waals surface area contributed by atoms with Crippen LogP contribution in [-0.2, 0) is 22.7 Å². The van der Waals surface area contributed by atoms with Crippen LogP contribution in [-0.4, -0.2) is 46.0 Å². The number of ether oxygens (including phenoxy) is 2. The molecule has 228 valence electrons. The number of aliphatic hydroxyl groups excluding tert-OH is 1. The molecular weight excluding hydrogens is 565 g/mol. The van der Waals surface area contributed by atoms with E-state index in [2.05, 4.69) is 22.4 Å². The quantitative estimate of drug-likeness (QED) is 0.190. The van der Waals surface area contributed by atoms with E-state index in [1.165, 1.54) is 11.6 Å². The maximum absolute atomic E-state index is 12.1. The molecule has 8 nitrogen and oxygen atoms in total. The van der Waals surface area contributed by atoms with Gasteiger partial charge in [0.1, 0.15) is 12.4 Å². The second-order valence-corrected chi connectivity index (χ2v) is 10.1. The molecule has 1 aliphatic carbocycles. The monoisotopic (exact) mass is 598 g/mol. The van der Waals surface area contributed by atoms with Crippen molar-refractivity contribution < 1.29 is 37.7 Å². The van der Waals surface area contributed by atoms with Crippen molar-refractivity contribution in [3.05, 3.63) is 112 Å². The Hall–Kier alpha value is -4.19. The van der Waals surface area contributed by atoms with E-state index in [-0.39, 0.29) is 17.7 Å². The van der Waals surface area contributed by atoms with E-state index in [9.17, 15) is 23.1 Å². The third-order valence-corrected chi connectivity index (χ3v) is 7.06. The third-order valence-electron chi connectivity index (χ3n) is 7.06. The van der Waals surface area contributed by atoms with Crippen molar-refractivity contribution in [1.29, 1.82) is 0 Å². The molecule has 0 aliphatic heterocycles. The van der Waals surface area contributed by atoms with Gasteiger partial charge < -0.3 is 30.0 Å². The average Bonchev–Trinajstić information content (AvgIpc) is 3.45. The van der Waals surface area contributed by atoms with Gasteiger partial charge in [0.05, 0.1) is 24.3 Å². The van der Waals surface area contributed by atoms with Crippen LogP contribution in [0.3, 0.4) is 0 Å². The molecule has 0 saturated heterocycles. The molecule has 0 spiro atoms. The molecular formula is C32H33F3N2O6. The zero-order valence-corrected chi connectivity index (χ0v) is 23.2. The molecule has 43 heavy (non-hydrogen) atoms. The number of pyridine rings is 1. The number of aromatic nitrogens is 1. The van der Waals surface area contributed by atoms with Crippen LogP contribution in [0.1, 0.15) is 42.1 Å². The van der Waals surface area contributed by atoms with Crippen molar-refractivity contribution >= 4 is 16.9 Å². The lowest BCUT2D eigenvalue weighted by atomic mass is 10.0. The van der Waals surface area contributed by atoms with Gasteiger partial charge in [0, 0.05) is 24.0 Å². The number of alkyl halides is 3. The van der Waals surface area contributed by atoms with E-state index in [0.29, 0.717) is 31.0 Å². The fourth-order valence-electron chi connectivity index (χ4n) is 4.90. The summed E-state index contributed by atoms with van der Waals surface area (Å²) in [5.41, 5.74) is 3.35. The maximum atomic E-state index is 12.1. The van der Waals surface area contributed by atoms with Crippen LogP contribution < -0.4 is 15.6 Å². The standard InChI is InChI=1S/C30H32N2O4.C2HF3O2/c33-26(18-31-25-12-7-13-27(25)35-19-21-8-3-1-4-9-21)23-14-16-28(30-24(23)15-17-29(34)32-30)36-20-22-10-5-2-6-11-22;3-2(4,5)1(6)7/h1-6,8-11,14-17,25-27,31,33H,7,12-13,18-20H2,(H,32,34);(H,6,7)/t25?,26-,27?;/m0./s1. The molecule has 1 saturated carbocycles. The number of aliphatic carboxylic acids is 1. The number of benzene rings is 3. The highest BCUT2D eigenvalue weighted by Crippen LogP contribution is 2.31. The summed E-state index contributed by atoms with van der Waals surface area (Å²) in [7, 11) is 0. The fourth-order valence-corrected chi connectivity index (χ4v) is 4.90. The number of carbonyl (C=O) groups is 1. The van der Waals surface area contributed by atoms with Gasteiger partial charge >= 0.3 is 12.1 Å². The zero-order chi connectivity index (χ0) is 30.8. The summed E-state index contributed by atoms with van der Waals surface area (Å²) >= 11 is 0. The summed E-state index contributed by atoms with van der Waals surface area (Å²) < 4.78 is 44.0. The minimum atomic E-state index is -5.08. The number of aromatic amines is 1. The first kappa shape index (κ1) is 31.7. The molecule has 4 N–H and O–H groups in total. The first-order valence-electron chi connectivity index (χ1n) is 13.8. The molecule has 0 radical (unpaired) electrons. The topological polar surface area (TPSA) is 121 Å². The van der Waals surface area contributed by atoms with E-state index in [0.717, 1.165) is 35.8 Å². The van der Waals surface area contributed by atoms with Crippen molar-refractivity contribution in [2.45, 2.75) is 56.9 Å². The zero-order valence-electron chi connectivity index (χ0n) is 23.2. The van der Waals surface area contributed by atoms with Crippen LogP contribution in [0.5, 0.6) is 5.75 Å². The maximum Gasteiger partial charge on any atom is 0.490 e. The molecule has 3 atom stereocenters. The average molecular weight is 599 g/mol. The number of carboxylic acid groups (broad SMARTS) is 1. The Balaban J connectivity index is 0.000000541. The number of hydrogen-bond acceptors (Lipinski definition) is 6. The summed E-state index contributed by atoms with van der Waals surface area (Å²) in [5, 5.41) is 22.5. The number of halogens is 3. The largest absolute Gasteiger partial charge is 0.490 e. The van der Waals surface area contributed by atoms with Crippen LogP contribution in [0.15, 0.2) is 89.7 Å². The number of nitrogens with one attached hydrogen (secondary N) is 2. The second kappa shape index (κ2) is 14.8. The van der Waals surface area contributed by atoms with Crippen LogP contribution in [0.2, 0.25) is 0 Å². The molecule has 1 heterocycles. The van der Waals surface area contributed by atoms with Crippen LogP contribution in [0.25, 0.3) is 10.9 Å². The van der Waals surface area contributed by atoms with Crippen molar-refractivity contribution in [3.63, 3.8) is 0 Å². The second-order valence-electron chi connectivity index (χ2n) is 10.1. The van der Waals surface area contributed by atoms with Gasteiger partial charge in [-0.25, -0.2) is 4.79 Å². The predicted molar refractivity (Wildman–Crippen MR) is 155 cm³/mol. The normalized spacial score (nSPS) is 17.2. The first-order chi connectivity index (χ1) is 20.6. The molecule has 4 aromatic rings. The Morgan fingerprint density at radius 3 is 2.19 bits per heavy atom. The Morgan fingerprint density at radius 1 is 0.930 bits per heavy atom.